The van der Waals surface area contributed by atoms with E-state index in [0.717, 1.165) is 13.1 Å². The highest BCUT2D eigenvalue weighted by atomic mass is 16.5. The number of hydrogen-bond donors (Lipinski definition) is 0. The van der Waals surface area contributed by atoms with Gasteiger partial charge in [-0.25, -0.2) is 9.78 Å². The van der Waals surface area contributed by atoms with Gasteiger partial charge in [0.05, 0.1) is 25.8 Å². The first kappa shape index (κ1) is 15.5. The first-order valence-electron chi connectivity index (χ1n) is 7.72. The monoisotopic (exact) mass is 341 g/mol. The summed E-state index contributed by atoms with van der Waals surface area (Å²) >= 11 is 0. The molecule has 25 heavy (non-hydrogen) atoms. The minimum absolute atomic E-state index is 0.174. The Morgan fingerprint density at radius 2 is 2.24 bits per heavy atom. The molecule has 3 aromatic rings. The average Bonchev–Trinajstić information content (AvgIpc) is 3.27. The number of esters is 1. The third kappa shape index (κ3) is 3.13. The molecule has 0 N–H and O–H groups in total. The van der Waals surface area contributed by atoms with Crippen LogP contribution in [0.1, 0.15) is 28.1 Å². The van der Waals surface area contributed by atoms with Crippen molar-refractivity contribution >= 4 is 5.97 Å². The molecule has 128 valence electrons. The molecule has 0 aliphatic carbocycles. The first-order valence-corrected chi connectivity index (χ1v) is 7.72. The van der Waals surface area contributed by atoms with E-state index >= 15 is 0 Å². The second-order valence-electron chi connectivity index (χ2n) is 5.70. The fourth-order valence-electron chi connectivity index (χ4n) is 2.67. The van der Waals surface area contributed by atoms with Crippen molar-refractivity contribution in [2.75, 3.05) is 20.2 Å². The van der Waals surface area contributed by atoms with E-state index in [1.165, 1.54) is 7.11 Å². The van der Waals surface area contributed by atoms with Gasteiger partial charge in [-0.1, -0.05) is 5.16 Å². The third-order valence-electron chi connectivity index (χ3n) is 3.97. The van der Waals surface area contributed by atoms with Gasteiger partial charge in [0.25, 0.3) is 0 Å². The van der Waals surface area contributed by atoms with Crippen molar-refractivity contribution in [1.29, 1.82) is 0 Å². The van der Waals surface area contributed by atoms with E-state index in [2.05, 4.69) is 29.7 Å². The van der Waals surface area contributed by atoms with Crippen LogP contribution in [0.5, 0.6) is 0 Å². The molecule has 1 aliphatic heterocycles. The van der Waals surface area contributed by atoms with Crippen molar-refractivity contribution in [2.24, 2.45) is 0 Å². The molecule has 0 aromatic carbocycles. The van der Waals surface area contributed by atoms with Gasteiger partial charge >= 0.3 is 5.97 Å². The Bertz CT molecular complexity index is 870. The number of aromatic nitrogens is 4. The van der Waals surface area contributed by atoms with Crippen molar-refractivity contribution in [3.8, 4) is 11.5 Å². The quantitative estimate of drug-likeness (QED) is 0.638. The number of furan rings is 1. The summed E-state index contributed by atoms with van der Waals surface area (Å²) in [6.07, 6.45) is 4.77. The van der Waals surface area contributed by atoms with Gasteiger partial charge in [-0.05, 0) is 12.1 Å². The van der Waals surface area contributed by atoms with Crippen LogP contribution in [0, 0.1) is 0 Å². The van der Waals surface area contributed by atoms with E-state index in [9.17, 15) is 4.79 Å². The highest BCUT2D eigenvalue weighted by Gasteiger charge is 2.33. The lowest BCUT2D eigenvalue weighted by Crippen LogP contribution is -2.44. The normalized spacial score (nSPS) is 15.1. The summed E-state index contributed by atoms with van der Waals surface area (Å²) in [5, 5.41) is 3.95. The fraction of sp³-hybridized carbons (Fsp3) is 0.312. The van der Waals surface area contributed by atoms with Crippen LogP contribution in [0.15, 0.2) is 39.7 Å². The summed E-state index contributed by atoms with van der Waals surface area (Å²) in [7, 11) is 1.32. The zero-order chi connectivity index (χ0) is 17.2. The summed E-state index contributed by atoms with van der Waals surface area (Å²) < 4.78 is 15.4. The smallest absolute Gasteiger partial charge is 0.373 e. The predicted octanol–water partition coefficient (Wildman–Crippen LogP) is 1.51. The van der Waals surface area contributed by atoms with Gasteiger partial charge in [-0.2, -0.15) is 4.98 Å². The van der Waals surface area contributed by atoms with Gasteiger partial charge in [-0.15, -0.1) is 0 Å². The largest absolute Gasteiger partial charge is 0.463 e. The lowest BCUT2D eigenvalue weighted by Gasteiger charge is -2.36. The zero-order valence-corrected chi connectivity index (χ0v) is 13.5. The number of likely N-dealkylation sites (tertiary alicyclic amines) is 1. The van der Waals surface area contributed by atoms with E-state index in [1.807, 2.05) is 0 Å². The van der Waals surface area contributed by atoms with Crippen LogP contribution >= 0.6 is 0 Å². The van der Waals surface area contributed by atoms with Crippen LogP contribution in [0.4, 0.5) is 0 Å². The maximum absolute atomic E-state index is 11.4. The summed E-state index contributed by atoms with van der Waals surface area (Å²) in [5.41, 5.74) is 0.583. The summed E-state index contributed by atoms with van der Waals surface area (Å²) in [6.45, 7) is 2.16. The molecule has 0 saturated carbocycles. The van der Waals surface area contributed by atoms with Crippen LogP contribution in [0.3, 0.4) is 0 Å². The third-order valence-corrected chi connectivity index (χ3v) is 3.97. The Kier molecular flexibility index (Phi) is 3.98. The van der Waals surface area contributed by atoms with Crippen molar-refractivity contribution in [3.05, 3.63) is 48.1 Å². The first-order chi connectivity index (χ1) is 12.2. The molecule has 4 heterocycles. The Morgan fingerprint density at radius 3 is 3.00 bits per heavy atom. The Labute approximate surface area is 142 Å². The number of hydrogen-bond acceptors (Lipinski definition) is 9. The molecule has 0 unspecified atom stereocenters. The van der Waals surface area contributed by atoms with Crippen LogP contribution in [-0.4, -0.2) is 51.2 Å². The highest BCUT2D eigenvalue weighted by Crippen LogP contribution is 2.28. The number of methoxy groups -OCH3 is 1. The number of carbonyl (C=O) groups is 1. The summed E-state index contributed by atoms with van der Waals surface area (Å²) in [4.78, 5) is 26.1. The maximum atomic E-state index is 11.4. The van der Waals surface area contributed by atoms with Gasteiger partial charge in [0.1, 0.15) is 11.5 Å². The second kappa shape index (κ2) is 6.44. The van der Waals surface area contributed by atoms with E-state index in [0.29, 0.717) is 29.7 Å². The Hall–Kier alpha value is -3.07. The molecule has 0 atom stereocenters. The number of rotatable bonds is 5. The molecule has 4 rings (SSSR count). The molecule has 1 fully saturated rings. The van der Waals surface area contributed by atoms with E-state index < -0.39 is 5.97 Å². The van der Waals surface area contributed by atoms with Crippen molar-refractivity contribution in [3.63, 3.8) is 0 Å². The SMILES string of the molecule is COC(=O)c1ccc(CN2CC(c3nc(-c4cnccn4)no3)C2)o1. The topological polar surface area (TPSA) is 107 Å². The maximum Gasteiger partial charge on any atom is 0.373 e. The zero-order valence-electron chi connectivity index (χ0n) is 13.5. The molecule has 0 amide bonds. The van der Waals surface area contributed by atoms with Gasteiger partial charge in [0.15, 0.2) is 0 Å². The highest BCUT2D eigenvalue weighted by molar-refractivity contribution is 5.86. The van der Waals surface area contributed by atoms with Crippen LogP contribution in [0.2, 0.25) is 0 Å². The van der Waals surface area contributed by atoms with Crippen LogP contribution in [0.25, 0.3) is 11.5 Å². The molecule has 1 saturated heterocycles. The average molecular weight is 341 g/mol. The fourth-order valence-corrected chi connectivity index (χ4v) is 2.67. The standard InChI is InChI=1S/C16H15N5O4/c1-23-16(22)13-3-2-11(24-13)9-21-7-10(8-21)15-19-14(20-25-15)12-6-17-4-5-18-12/h2-6,10H,7-9H2,1H3. The lowest BCUT2D eigenvalue weighted by molar-refractivity contribution is 0.0556. The van der Waals surface area contributed by atoms with Crippen molar-refractivity contribution in [2.45, 2.75) is 12.5 Å². The summed E-state index contributed by atoms with van der Waals surface area (Å²) in [5.74, 6) is 1.65. The molecule has 3 aromatic heterocycles. The Balaban J connectivity index is 1.34. The molecular weight excluding hydrogens is 326 g/mol. The van der Waals surface area contributed by atoms with Gasteiger partial charge in [0.2, 0.25) is 17.5 Å². The number of nitrogens with zero attached hydrogens (tertiary/aromatic N) is 5. The van der Waals surface area contributed by atoms with Gasteiger partial charge in [-0.3, -0.25) is 9.88 Å². The predicted molar refractivity (Wildman–Crippen MR) is 83.4 cm³/mol. The molecule has 9 nitrogen and oxygen atoms in total. The van der Waals surface area contributed by atoms with E-state index in [4.69, 9.17) is 8.94 Å². The second-order valence-corrected chi connectivity index (χ2v) is 5.70. The van der Waals surface area contributed by atoms with Crippen molar-refractivity contribution < 1.29 is 18.5 Å². The lowest BCUT2D eigenvalue weighted by atomic mass is 10.00. The molecule has 0 spiro atoms. The van der Waals surface area contributed by atoms with Crippen LogP contribution < -0.4 is 0 Å². The van der Waals surface area contributed by atoms with E-state index in [1.54, 1.807) is 30.7 Å². The molecule has 9 heteroatoms. The van der Waals surface area contributed by atoms with Crippen molar-refractivity contribution in [1.82, 2.24) is 25.0 Å². The number of ether oxygens (including phenoxy) is 1. The van der Waals surface area contributed by atoms with Gasteiger partial charge < -0.3 is 13.7 Å². The molecular formula is C16H15N5O4. The van der Waals surface area contributed by atoms with Gasteiger partial charge in [0, 0.05) is 25.5 Å². The molecule has 1 aliphatic rings. The summed E-state index contributed by atoms with van der Waals surface area (Å²) in [6, 6.07) is 3.39. The molecule has 0 bridgehead atoms. The Morgan fingerprint density at radius 1 is 1.36 bits per heavy atom. The minimum Gasteiger partial charge on any atom is -0.463 e. The van der Waals surface area contributed by atoms with E-state index in [-0.39, 0.29) is 11.7 Å². The number of carbonyl (C=O) groups excluding carboxylic acids is 1. The van der Waals surface area contributed by atoms with Crippen LogP contribution in [-0.2, 0) is 11.3 Å². The molecule has 0 radical (unpaired) electrons. The minimum atomic E-state index is -0.477.